The number of nitrogens with one attached hydrogen (secondary N) is 1. The number of sulfone groups is 1. The van der Waals surface area contributed by atoms with Gasteiger partial charge in [0.05, 0.1) is 11.2 Å². The van der Waals surface area contributed by atoms with Crippen LogP contribution in [0.5, 0.6) is 0 Å². The lowest BCUT2D eigenvalue weighted by atomic mass is 9.71. The van der Waals surface area contributed by atoms with Crippen molar-refractivity contribution in [3.63, 3.8) is 0 Å². The molecule has 1 unspecified atom stereocenters. The van der Waals surface area contributed by atoms with E-state index in [0.29, 0.717) is 12.8 Å². The van der Waals surface area contributed by atoms with Crippen molar-refractivity contribution in [3.8, 4) is 0 Å². The van der Waals surface area contributed by atoms with Crippen LogP contribution < -0.4 is 5.32 Å². The summed E-state index contributed by atoms with van der Waals surface area (Å²) in [6.45, 7) is 1.60. The van der Waals surface area contributed by atoms with Crippen molar-refractivity contribution >= 4 is 21.7 Å². The second-order valence-electron chi connectivity index (χ2n) is 5.88. The Kier molecular flexibility index (Phi) is 5.56. The van der Waals surface area contributed by atoms with Crippen LogP contribution in [0.4, 0.5) is 0 Å². The van der Waals surface area contributed by atoms with Gasteiger partial charge in [0.25, 0.3) is 0 Å². The van der Waals surface area contributed by atoms with E-state index in [1.165, 1.54) is 0 Å². The van der Waals surface area contributed by atoms with E-state index < -0.39 is 27.3 Å². The summed E-state index contributed by atoms with van der Waals surface area (Å²) in [4.78, 5) is 23.4. The van der Waals surface area contributed by atoms with E-state index in [-0.39, 0.29) is 18.1 Å². The van der Waals surface area contributed by atoms with Crippen molar-refractivity contribution in [1.29, 1.82) is 0 Å². The van der Waals surface area contributed by atoms with E-state index in [1.807, 2.05) is 0 Å². The molecule has 7 heteroatoms. The van der Waals surface area contributed by atoms with Crippen LogP contribution in [-0.4, -0.2) is 43.5 Å². The van der Waals surface area contributed by atoms with Gasteiger partial charge < -0.3 is 10.4 Å². The van der Waals surface area contributed by atoms with Crippen LogP contribution in [0, 0.1) is 5.41 Å². The molecular formula is C13H23NO5S. The lowest BCUT2D eigenvalue weighted by Crippen LogP contribution is -2.43. The zero-order valence-electron chi connectivity index (χ0n) is 12.0. The van der Waals surface area contributed by atoms with Crippen LogP contribution in [0.1, 0.15) is 45.4 Å². The number of carboxylic acids is 1. The first-order chi connectivity index (χ1) is 9.15. The largest absolute Gasteiger partial charge is 0.481 e. The lowest BCUT2D eigenvalue weighted by molar-refractivity contribution is -0.154. The number of carboxylic acid groups (broad SMARTS) is 1. The molecule has 0 saturated heterocycles. The average molecular weight is 305 g/mol. The number of amides is 1. The Morgan fingerprint density at radius 3 is 2.25 bits per heavy atom. The van der Waals surface area contributed by atoms with Crippen molar-refractivity contribution in [2.24, 2.45) is 5.41 Å². The predicted octanol–water partition coefficient (Wildman–Crippen LogP) is 0.961. The number of rotatable bonds is 6. The number of carbonyl (C=O) groups is 2. The zero-order valence-corrected chi connectivity index (χ0v) is 12.8. The fourth-order valence-corrected chi connectivity index (χ4v) is 3.82. The first-order valence-electron chi connectivity index (χ1n) is 6.85. The molecule has 0 aromatic heterocycles. The molecule has 0 aromatic rings. The molecule has 0 heterocycles. The number of carbonyl (C=O) groups excluding carboxylic acids is 1. The van der Waals surface area contributed by atoms with Crippen LogP contribution in [0.3, 0.4) is 0 Å². The Morgan fingerprint density at radius 2 is 1.80 bits per heavy atom. The van der Waals surface area contributed by atoms with Gasteiger partial charge in [0.1, 0.15) is 9.84 Å². The van der Waals surface area contributed by atoms with Crippen LogP contribution in [0.25, 0.3) is 0 Å². The van der Waals surface area contributed by atoms with Gasteiger partial charge in [0.15, 0.2) is 0 Å². The highest BCUT2D eigenvalue weighted by molar-refractivity contribution is 7.90. The average Bonchev–Trinajstić information content (AvgIpc) is 2.26. The summed E-state index contributed by atoms with van der Waals surface area (Å²) in [5.74, 6) is -1.45. The second-order valence-corrected chi connectivity index (χ2v) is 8.07. The van der Waals surface area contributed by atoms with Gasteiger partial charge in [0, 0.05) is 18.7 Å². The summed E-state index contributed by atoms with van der Waals surface area (Å²) in [6, 6.07) is -0.507. The third-order valence-electron chi connectivity index (χ3n) is 3.72. The first kappa shape index (κ1) is 16.9. The molecule has 1 atom stereocenters. The molecule has 0 spiro atoms. The highest BCUT2D eigenvalue weighted by Gasteiger charge is 2.41. The smallest absolute Gasteiger partial charge is 0.310 e. The van der Waals surface area contributed by atoms with E-state index >= 15 is 0 Å². The molecule has 0 aliphatic heterocycles. The molecule has 6 nitrogen and oxygen atoms in total. The maximum Gasteiger partial charge on any atom is 0.310 e. The maximum atomic E-state index is 11.9. The van der Waals surface area contributed by atoms with Gasteiger partial charge in [-0.25, -0.2) is 8.42 Å². The van der Waals surface area contributed by atoms with E-state index in [1.54, 1.807) is 6.92 Å². The van der Waals surface area contributed by atoms with Gasteiger partial charge in [-0.15, -0.1) is 0 Å². The topological polar surface area (TPSA) is 101 Å². The molecule has 2 N–H and O–H groups in total. The first-order valence-corrected chi connectivity index (χ1v) is 8.91. The van der Waals surface area contributed by atoms with Crippen molar-refractivity contribution < 1.29 is 23.1 Å². The third-order valence-corrected chi connectivity index (χ3v) is 4.83. The minimum absolute atomic E-state index is 0.0730. The second kappa shape index (κ2) is 6.56. The molecule has 116 valence electrons. The highest BCUT2D eigenvalue weighted by atomic mass is 32.2. The Balaban J connectivity index is 2.61. The molecule has 1 rings (SSSR count). The summed E-state index contributed by atoms with van der Waals surface area (Å²) < 4.78 is 22.3. The Labute approximate surface area is 119 Å². The van der Waals surface area contributed by atoms with Gasteiger partial charge in [-0.1, -0.05) is 19.3 Å². The predicted molar refractivity (Wildman–Crippen MR) is 75.1 cm³/mol. The van der Waals surface area contributed by atoms with Crippen molar-refractivity contribution in [3.05, 3.63) is 0 Å². The van der Waals surface area contributed by atoms with E-state index in [4.69, 9.17) is 0 Å². The van der Waals surface area contributed by atoms with Gasteiger partial charge in [-0.3, -0.25) is 9.59 Å². The van der Waals surface area contributed by atoms with E-state index in [2.05, 4.69) is 5.32 Å². The highest BCUT2D eigenvalue weighted by Crippen LogP contribution is 2.39. The van der Waals surface area contributed by atoms with Crippen molar-refractivity contribution in [2.45, 2.75) is 51.5 Å². The van der Waals surface area contributed by atoms with Crippen LogP contribution in [0.2, 0.25) is 0 Å². The van der Waals surface area contributed by atoms with Gasteiger partial charge in [0.2, 0.25) is 5.91 Å². The number of hydrogen-bond acceptors (Lipinski definition) is 4. The molecule has 0 radical (unpaired) electrons. The summed E-state index contributed by atoms with van der Waals surface area (Å²) in [6.07, 6.45) is 4.69. The molecule has 1 saturated carbocycles. The Morgan fingerprint density at radius 1 is 1.25 bits per heavy atom. The zero-order chi connectivity index (χ0) is 15.4. The quantitative estimate of drug-likeness (QED) is 0.761. The summed E-state index contributed by atoms with van der Waals surface area (Å²) in [5.41, 5.74) is -0.979. The molecule has 1 aliphatic carbocycles. The molecule has 1 fully saturated rings. The van der Waals surface area contributed by atoms with Gasteiger partial charge in [-0.2, -0.15) is 0 Å². The lowest BCUT2D eigenvalue weighted by Gasteiger charge is -2.32. The SMILES string of the molecule is CC(CS(C)(=O)=O)NC(=O)CC1(C(=O)O)CCCCC1. The Bertz CT molecular complexity index is 465. The van der Waals surface area contributed by atoms with Crippen molar-refractivity contribution in [1.82, 2.24) is 5.32 Å². The summed E-state index contributed by atoms with van der Waals surface area (Å²) in [7, 11) is -3.16. The van der Waals surface area contributed by atoms with Crippen LogP contribution in [0.15, 0.2) is 0 Å². The fraction of sp³-hybridized carbons (Fsp3) is 0.846. The van der Waals surface area contributed by atoms with Crippen LogP contribution in [-0.2, 0) is 19.4 Å². The standard InChI is InChI=1S/C13H23NO5S/c1-10(9-20(2,18)19)14-11(15)8-13(12(16)17)6-4-3-5-7-13/h10H,3-9H2,1-2H3,(H,14,15)(H,16,17). The Hall–Kier alpha value is -1.11. The number of aliphatic carboxylic acids is 1. The van der Waals surface area contributed by atoms with Crippen molar-refractivity contribution in [2.75, 3.05) is 12.0 Å². The normalized spacial score (nSPS) is 20.1. The van der Waals surface area contributed by atoms with Gasteiger partial charge >= 0.3 is 5.97 Å². The minimum Gasteiger partial charge on any atom is -0.481 e. The molecule has 0 aromatic carbocycles. The van der Waals surface area contributed by atoms with E-state index in [9.17, 15) is 23.1 Å². The minimum atomic E-state index is -3.16. The molecule has 1 amide bonds. The summed E-state index contributed by atoms with van der Waals surface area (Å²) >= 11 is 0. The van der Waals surface area contributed by atoms with E-state index in [0.717, 1.165) is 25.5 Å². The monoisotopic (exact) mass is 305 g/mol. The van der Waals surface area contributed by atoms with Gasteiger partial charge in [-0.05, 0) is 19.8 Å². The molecular weight excluding hydrogens is 282 g/mol. The van der Waals surface area contributed by atoms with Crippen LogP contribution >= 0.6 is 0 Å². The third kappa shape index (κ3) is 5.11. The maximum absolute atomic E-state index is 11.9. The summed E-state index contributed by atoms with van der Waals surface area (Å²) in [5, 5.41) is 12.0. The number of hydrogen-bond donors (Lipinski definition) is 2. The molecule has 1 aliphatic rings. The fourth-order valence-electron chi connectivity index (χ4n) is 2.82. The molecule has 0 bridgehead atoms. The molecule has 20 heavy (non-hydrogen) atoms.